The average molecular weight is 301 g/mol. The van der Waals surface area contributed by atoms with Crippen LogP contribution in [0, 0.1) is 10.1 Å². The van der Waals surface area contributed by atoms with E-state index in [1.54, 1.807) is 31.2 Å². The molecule has 2 aromatic carbocycles. The Hall–Kier alpha value is -2.89. The van der Waals surface area contributed by atoms with Crippen LogP contribution in [-0.2, 0) is 16.0 Å². The molecule has 114 valence electrons. The number of ether oxygens (including phenoxy) is 2. The van der Waals surface area contributed by atoms with Gasteiger partial charge in [-0.2, -0.15) is 0 Å². The van der Waals surface area contributed by atoms with Crippen molar-refractivity contribution in [2.24, 2.45) is 0 Å². The van der Waals surface area contributed by atoms with Gasteiger partial charge in [0.25, 0.3) is 5.69 Å². The van der Waals surface area contributed by atoms with E-state index in [4.69, 9.17) is 9.47 Å². The summed E-state index contributed by atoms with van der Waals surface area (Å²) >= 11 is 0. The minimum atomic E-state index is -0.474. The number of para-hydroxylation sites is 1. The molecule has 2 rings (SSSR count). The lowest BCUT2D eigenvalue weighted by atomic mass is 10.1. The van der Waals surface area contributed by atoms with Crippen molar-refractivity contribution in [2.45, 2.75) is 13.3 Å². The van der Waals surface area contributed by atoms with Crippen LogP contribution >= 0.6 is 0 Å². The Morgan fingerprint density at radius 3 is 2.45 bits per heavy atom. The number of non-ortho nitro benzene ring substituents is 1. The van der Waals surface area contributed by atoms with Crippen LogP contribution in [0.2, 0.25) is 0 Å². The van der Waals surface area contributed by atoms with Crippen molar-refractivity contribution >= 4 is 11.7 Å². The third kappa shape index (κ3) is 4.05. The molecule has 6 heteroatoms. The Morgan fingerprint density at radius 1 is 1.14 bits per heavy atom. The minimum Gasteiger partial charge on any atom is -0.466 e. The number of hydrogen-bond acceptors (Lipinski definition) is 5. The summed E-state index contributed by atoms with van der Waals surface area (Å²) in [6.07, 6.45) is 0.108. The molecule has 22 heavy (non-hydrogen) atoms. The van der Waals surface area contributed by atoms with Crippen molar-refractivity contribution in [3.05, 3.63) is 64.2 Å². The maximum Gasteiger partial charge on any atom is 0.310 e. The molecule has 2 aromatic rings. The third-order valence-corrected chi connectivity index (χ3v) is 2.89. The molecule has 0 atom stereocenters. The fraction of sp³-hybridized carbons (Fsp3) is 0.188. The first-order chi connectivity index (χ1) is 10.6. The van der Waals surface area contributed by atoms with E-state index in [1.165, 1.54) is 24.3 Å². The first kappa shape index (κ1) is 15.5. The second-order valence-electron chi connectivity index (χ2n) is 4.44. The lowest BCUT2D eigenvalue weighted by molar-refractivity contribution is -0.384. The molecule has 0 saturated carbocycles. The molecule has 0 aromatic heterocycles. The predicted octanol–water partition coefficient (Wildman–Crippen LogP) is 3.49. The highest BCUT2D eigenvalue weighted by Gasteiger charge is 2.11. The van der Waals surface area contributed by atoms with E-state index in [-0.39, 0.29) is 18.1 Å². The van der Waals surface area contributed by atoms with Crippen LogP contribution in [-0.4, -0.2) is 17.5 Å². The number of rotatable bonds is 6. The van der Waals surface area contributed by atoms with Crippen LogP contribution in [0.5, 0.6) is 11.5 Å². The molecule has 0 radical (unpaired) electrons. The summed E-state index contributed by atoms with van der Waals surface area (Å²) < 4.78 is 10.6. The number of nitrogens with zero attached hydrogens (tertiary/aromatic N) is 1. The first-order valence-electron chi connectivity index (χ1n) is 6.76. The van der Waals surface area contributed by atoms with Gasteiger partial charge in [-0.15, -0.1) is 0 Å². The topological polar surface area (TPSA) is 78.7 Å². The summed E-state index contributed by atoms with van der Waals surface area (Å²) in [4.78, 5) is 21.7. The number of esters is 1. The zero-order valence-electron chi connectivity index (χ0n) is 12.0. The zero-order valence-corrected chi connectivity index (χ0v) is 12.0. The Kier molecular flexibility index (Phi) is 5.08. The van der Waals surface area contributed by atoms with E-state index in [9.17, 15) is 14.9 Å². The van der Waals surface area contributed by atoms with Gasteiger partial charge in [-0.25, -0.2) is 0 Å². The van der Waals surface area contributed by atoms with E-state index in [2.05, 4.69) is 0 Å². The van der Waals surface area contributed by atoms with Gasteiger partial charge in [0, 0.05) is 17.7 Å². The highest BCUT2D eigenvalue weighted by atomic mass is 16.6. The number of nitro groups is 1. The SMILES string of the molecule is CCOC(=O)Cc1ccccc1Oc1ccc([N+](=O)[O-])cc1. The van der Waals surface area contributed by atoms with Crippen molar-refractivity contribution in [3.63, 3.8) is 0 Å². The van der Waals surface area contributed by atoms with E-state index in [1.807, 2.05) is 0 Å². The molecular weight excluding hydrogens is 286 g/mol. The molecule has 0 unspecified atom stereocenters. The lowest BCUT2D eigenvalue weighted by Crippen LogP contribution is -2.08. The van der Waals surface area contributed by atoms with Crippen LogP contribution in [0.25, 0.3) is 0 Å². The highest BCUT2D eigenvalue weighted by molar-refractivity contribution is 5.73. The van der Waals surface area contributed by atoms with E-state index < -0.39 is 4.92 Å². The van der Waals surface area contributed by atoms with Gasteiger partial charge < -0.3 is 9.47 Å². The van der Waals surface area contributed by atoms with Crippen LogP contribution in [0.4, 0.5) is 5.69 Å². The van der Waals surface area contributed by atoms with Gasteiger partial charge in [0.2, 0.25) is 0 Å². The van der Waals surface area contributed by atoms with Crippen molar-refractivity contribution in [1.29, 1.82) is 0 Å². The molecule has 0 amide bonds. The molecule has 0 fully saturated rings. The number of hydrogen-bond donors (Lipinski definition) is 0. The van der Waals surface area contributed by atoms with E-state index >= 15 is 0 Å². The summed E-state index contributed by atoms with van der Waals surface area (Å²) in [6, 6.07) is 12.9. The minimum absolute atomic E-state index is 0.00726. The summed E-state index contributed by atoms with van der Waals surface area (Å²) in [6.45, 7) is 2.07. The van der Waals surface area contributed by atoms with Crippen LogP contribution in [0.3, 0.4) is 0 Å². The molecule has 0 N–H and O–H groups in total. The van der Waals surface area contributed by atoms with Gasteiger partial charge in [-0.05, 0) is 25.1 Å². The predicted molar refractivity (Wildman–Crippen MR) is 79.9 cm³/mol. The lowest BCUT2D eigenvalue weighted by Gasteiger charge is -2.10. The molecule has 0 aliphatic carbocycles. The largest absolute Gasteiger partial charge is 0.466 e. The quantitative estimate of drug-likeness (QED) is 0.463. The van der Waals surface area contributed by atoms with Crippen molar-refractivity contribution in [2.75, 3.05) is 6.61 Å². The zero-order chi connectivity index (χ0) is 15.9. The van der Waals surface area contributed by atoms with Gasteiger partial charge in [-0.3, -0.25) is 14.9 Å². The highest BCUT2D eigenvalue weighted by Crippen LogP contribution is 2.27. The normalized spacial score (nSPS) is 10.0. The standard InChI is InChI=1S/C16H15NO5/c1-2-21-16(18)11-12-5-3-4-6-15(12)22-14-9-7-13(8-10-14)17(19)20/h3-10H,2,11H2,1H3. The monoisotopic (exact) mass is 301 g/mol. The van der Waals surface area contributed by atoms with Gasteiger partial charge in [0.1, 0.15) is 11.5 Å². The van der Waals surface area contributed by atoms with Gasteiger partial charge in [-0.1, -0.05) is 18.2 Å². The van der Waals surface area contributed by atoms with Crippen LogP contribution in [0.1, 0.15) is 12.5 Å². The Morgan fingerprint density at radius 2 is 1.82 bits per heavy atom. The number of nitro benzene ring substituents is 1. The first-order valence-corrected chi connectivity index (χ1v) is 6.76. The van der Waals surface area contributed by atoms with Crippen molar-refractivity contribution in [3.8, 4) is 11.5 Å². The maximum atomic E-state index is 11.6. The van der Waals surface area contributed by atoms with Gasteiger partial charge >= 0.3 is 5.97 Å². The van der Waals surface area contributed by atoms with Crippen LogP contribution in [0.15, 0.2) is 48.5 Å². The van der Waals surface area contributed by atoms with Crippen LogP contribution < -0.4 is 4.74 Å². The molecule has 0 heterocycles. The third-order valence-electron chi connectivity index (χ3n) is 2.89. The molecular formula is C16H15NO5. The molecule has 0 aliphatic rings. The Balaban J connectivity index is 2.15. The fourth-order valence-electron chi connectivity index (χ4n) is 1.88. The molecule has 0 bridgehead atoms. The van der Waals surface area contributed by atoms with E-state index in [0.29, 0.717) is 23.7 Å². The second-order valence-corrected chi connectivity index (χ2v) is 4.44. The van der Waals surface area contributed by atoms with Crippen molar-refractivity contribution < 1.29 is 19.2 Å². The fourth-order valence-corrected chi connectivity index (χ4v) is 1.88. The summed E-state index contributed by atoms with van der Waals surface area (Å²) in [5.41, 5.74) is 0.687. The van der Waals surface area contributed by atoms with Gasteiger partial charge in [0.15, 0.2) is 0 Å². The second kappa shape index (κ2) is 7.21. The summed E-state index contributed by atoms with van der Waals surface area (Å²) in [7, 11) is 0. The number of carbonyl (C=O) groups excluding carboxylic acids is 1. The van der Waals surface area contributed by atoms with Gasteiger partial charge in [0.05, 0.1) is 18.0 Å². The maximum absolute atomic E-state index is 11.6. The summed E-state index contributed by atoms with van der Waals surface area (Å²) in [5, 5.41) is 10.6. The smallest absolute Gasteiger partial charge is 0.310 e. The molecule has 0 spiro atoms. The Bertz CT molecular complexity index is 666. The molecule has 6 nitrogen and oxygen atoms in total. The summed E-state index contributed by atoms with van der Waals surface area (Å²) in [5.74, 6) is 0.647. The number of carbonyl (C=O) groups is 1. The number of benzene rings is 2. The average Bonchev–Trinajstić information content (AvgIpc) is 2.50. The molecule has 0 saturated heterocycles. The van der Waals surface area contributed by atoms with E-state index in [0.717, 1.165) is 0 Å². The molecule has 0 aliphatic heterocycles. The Labute approximate surface area is 127 Å². The van der Waals surface area contributed by atoms with Crippen molar-refractivity contribution in [1.82, 2.24) is 0 Å².